The average molecular weight is 483 g/mol. The zero-order chi connectivity index (χ0) is 25.0. The molecule has 0 fully saturated rings. The number of rotatable bonds is 8. The summed E-state index contributed by atoms with van der Waals surface area (Å²) < 4.78 is 39.2. The smallest absolute Gasteiger partial charge is 0.264 e. The highest BCUT2D eigenvalue weighted by molar-refractivity contribution is 7.92. The lowest BCUT2D eigenvalue weighted by Crippen LogP contribution is -2.38. The number of benzene rings is 3. The fourth-order valence-corrected chi connectivity index (χ4v) is 5.13. The molecule has 0 atom stereocenters. The van der Waals surface area contributed by atoms with E-state index in [1.54, 1.807) is 12.1 Å². The van der Waals surface area contributed by atoms with Crippen molar-refractivity contribution in [3.63, 3.8) is 0 Å². The number of ether oxygens (including phenoxy) is 2. The molecule has 0 saturated carbocycles. The summed E-state index contributed by atoms with van der Waals surface area (Å²) in [4.78, 5) is 13.1. The molecule has 0 heterocycles. The van der Waals surface area contributed by atoms with Gasteiger partial charge < -0.3 is 14.8 Å². The van der Waals surface area contributed by atoms with E-state index in [1.807, 2.05) is 52.0 Å². The second-order valence-electron chi connectivity index (χ2n) is 8.24. The predicted octanol–water partition coefficient (Wildman–Crippen LogP) is 4.77. The number of amides is 1. The van der Waals surface area contributed by atoms with Gasteiger partial charge in [0, 0.05) is 11.8 Å². The van der Waals surface area contributed by atoms with Crippen molar-refractivity contribution >= 4 is 27.3 Å². The van der Waals surface area contributed by atoms with Crippen molar-refractivity contribution in [1.29, 1.82) is 0 Å². The number of hydrogen-bond acceptors (Lipinski definition) is 5. The molecular formula is C26H30N2O5S. The van der Waals surface area contributed by atoms with Crippen LogP contribution < -0.4 is 19.1 Å². The van der Waals surface area contributed by atoms with Gasteiger partial charge in [0.15, 0.2) is 11.5 Å². The second kappa shape index (κ2) is 10.2. The molecule has 8 heteroatoms. The summed E-state index contributed by atoms with van der Waals surface area (Å²) in [5.41, 5.74) is 4.71. The molecule has 0 saturated heterocycles. The highest BCUT2D eigenvalue weighted by Gasteiger charge is 2.29. The third-order valence-electron chi connectivity index (χ3n) is 5.39. The number of nitrogens with zero attached hydrogens (tertiary/aromatic N) is 1. The molecule has 1 amide bonds. The first-order chi connectivity index (χ1) is 16.0. The normalized spacial score (nSPS) is 11.1. The van der Waals surface area contributed by atoms with Crippen LogP contribution in [0.25, 0.3) is 0 Å². The monoisotopic (exact) mass is 482 g/mol. The van der Waals surface area contributed by atoms with Gasteiger partial charge in [-0.25, -0.2) is 8.42 Å². The Balaban J connectivity index is 2.05. The highest BCUT2D eigenvalue weighted by Crippen LogP contribution is 2.32. The van der Waals surface area contributed by atoms with Crippen LogP contribution in [0.15, 0.2) is 59.5 Å². The summed E-state index contributed by atoms with van der Waals surface area (Å²) in [6.45, 7) is 7.18. The molecule has 34 heavy (non-hydrogen) atoms. The van der Waals surface area contributed by atoms with Gasteiger partial charge in [0.1, 0.15) is 6.54 Å². The van der Waals surface area contributed by atoms with Gasteiger partial charge in [-0.05, 0) is 80.3 Å². The minimum Gasteiger partial charge on any atom is -0.493 e. The number of carbonyl (C=O) groups is 1. The summed E-state index contributed by atoms with van der Waals surface area (Å²) in [6, 6.07) is 15.5. The van der Waals surface area contributed by atoms with Crippen LogP contribution >= 0.6 is 0 Å². The lowest BCUT2D eigenvalue weighted by Gasteiger charge is -2.25. The van der Waals surface area contributed by atoms with Gasteiger partial charge in [0.2, 0.25) is 5.91 Å². The topological polar surface area (TPSA) is 84.9 Å². The van der Waals surface area contributed by atoms with Crippen LogP contribution in [0, 0.1) is 27.7 Å². The summed E-state index contributed by atoms with van der Waals surface area (Å²) in [7, 11) is -1.20. The van der Waals surface area contributed by atoms with E-state index in [0.29, 0.717) is 17.1 Å². The van der Waals surface area contributed by atoms with E-state index < -0.39 is 22.5 Å². The van der Waals surface area contributed by atoms with Crippen LogP contribution in [-0.2, 0) is 14.8 Å². The molecule has 3 rings (SSSR count). The van der Waals surface area contributed by atoms with Crippen LogP contribution in [0.3, 0.4) is 0 Å². The summed E-state index contributed by atoms with van der Waals surface area (Å²) >= 11 is 0. The van der Waals surface area contributed by atoms with Crippen LogP contribution in [-0.4, -0.2) is 35.1 Å². The Hall–Kier alpha value is -3.52. The minimum atomic E-state index is -4.11. The van der Waals surface area contributed by atoms with Gasteiger partial charge in [-0.1, -0.05) is 18.2 Å². The number of sulfonamides is 1. The molecule has 3 aromatic carbocycles. The van der Waals surface area contributed by atoms with E-state index in [0.717, 1.165) is 26.6 Å². The summed E-state index contributed by atoms with van der Waals surface area (Å²) in [5, 5.41) is 2.86. The maximum Gasteiger partial charge on any atom is 0.264 e. The number of carbonyl (C=O) groups excluding carboxylic acids is 1. The standard InChI is InChI=1S/C26H30N2O5S/c1-17-7-8-20(4)23(14-17)27-26(29)16-28(21-12-18(2)11-19(3)13-21)34(30,31)22-9-10-24(32-5)25(15-22)33-6/h7-15H,16H2,1-6H3,(H,27,29). The molecule has 1 N–H and O–H groups in total. The maximum atomic E-state index is 13.8. The van der Waals surface area contributed by atoms with Gasteiger partial charge in [0.05, 0.1) is 24.8 Å². The third-order valence-corrected chi connectivity index (χ3v) is 7.16. The largest absolute Gasteiger partial charge is 0.493 e. The zero-order valence-electron chi connectivity index (χ0n) is 20.3. The number of nitrogens with one attached hydrogen (secondary N) is 1. The molecule has 7 nitrogen and oxygen atoms in total. The SMILES string of the molecule is COc1ccc(S(=O)(=O)N(CC(=O)Nc2cc(C)ccc2C)c2cc(C)cc(C)c2)cc1OC. The Morgan fingerprint density at radius 1 is 0.824 bits per heavy atom. The van der Waals surface area contributed by atoms with Gasteiger partial charge >= 0.3 is 0 Å². The van der Waals surface area contributed by atoms with E-state index in [4.69, 9.17) is 9.47 Å². The van der Waals surface area contributed by atoms with Crippen molar-refractivity contribution < 1.29 is 22.7 Å². The van der Waals surface area contributed by atoms with Crippen LogP contribution in [0.5, 0.6) is 11.5 Å². The molecule has 180 valence electrons. The molecule has 0 aromatic heterocycles. The fraction of sp³-hybridized carbons (Fsp3) is 0.269. The number of hydrogen-bond donors (Lipinski definition) is 1. The van der Waals surface area contributed by atoms with Crippen LogP contribution in [0.1, 0.15) is 22.3 Å². The predicted molar refractivity (Wildman–Crippen MR) is 135 cm³/mol. The van der Waals surface area contributed by atoms with Crippen molar-refractivity contribution in [3.05, 3.63) is 76.9 Å². The molecular weight excluding hydrogens is 452 g/mol. The fourth-order valence-electron chi connectivity index (χ4n) is 3.70. The summed E-state index contributed by atoms with van der Waals surface area (Å²) in [5.74, 6) is 0.243. The van der Waals surface area contributed by atoms with E-state index in [-0.39, 0.29) is 10.6 Å². The summed E-state index contributed by atoms with van der Waals surface area (Å²) in [6.07, 6.45) is 0. The maximum absolute atomic E-state index is 13.8. The number of methoxy groups -OCH3 is 2. The average Bonchev–Trinajstić information content (AvgIpc) is 2.78. The highest BCUT2D eigenvalue weighted by atomic mass is 32.2. The second-order valence-corrected chi connectivity index (χ2v) is 10.1. The van der Waals surface area contributed by atoms with Crippen molar-refractivity contribution in [1.82, 2.24) is 0 Å². The van der Waals surface area contributed by atoms with Crippen LogP contribution in [0.2, 0.25) is 0 Å². The first kappa shape index (κ1) is 25.1. The quantitative estimate of drug-likeness (QED) is 0.500. The minimum absolute atomic E-state index is 0.0103. The van der Waals surface area contributed by atoms with Crippen LogP contribution in [0.4, 0.5) is 11.4 Å². The first-order valence-electron chi connectivity index (χ1n) is 10.8. The van der Waals surface area contributed by atoms with Crippen molar-refractivity contribution in [2.24, 2.45) is 0 Å². The first-order valence-corrected chi connectivity index (χ1v) is 12.2. The van der Waals surface area contributed by atoms with E-state index in [9.17, 15) is 13.2 Å². The molecule has 0 aliphatic carbocycles. The lowest BCUT2D eigenvalue weighted by molar-refractivity contribution is -0.114. The molecule has 0 aliphatic heterocycles. The van der Waals surface area contributed by atoms with Crippen molar-refractivity contribution in [3.8, 4) is 11.5 Å². The van der Waals surface area contributed by atoms with Gasteiger partial charge in [-0.2, -0.15) is 0 Å². The molecule has 0 bridgehead atoms. The lowest BCUT2D eigenvalue weighted by atomic mass is 10.1. The molecule has 0 unspecified atom stereocenters. The number of aryl methyl sites for hydroxylation is 4. The van der Waals surface area contributed by atoms with E-state index in [1.165, 1.54) is 32.4 Å². The molecule has 0 aliphatic rings. The van der Waals surface area contributed by atoms with E-state index >= 15 is 0 Å². The van der Waals surface area contributed by atoms with Gasteiger partial charge in [-0.3, -0.25) is 9.10 Å². The molecule has 0 radical (unpaired) electrons. The van der Waals surface area contributed by atoms with Gasteiger partial charge in [0.25, 0.3) is 10.0 Å². The Bertz CT molecular complexity index is 1300. The van der Waals surface area contributed by atoms with Gasteiger partial charge in [-0.15, -0.1) is 0 Å². The molecule has 0 spiro atoms. The van der Waals surface area contributed by atoms with E-state index in [2.05, 4.69) is 5.32 Å². The Morgan fingerprint density at radius 2 is 1.47 bits per heavy atom. The molecule has 3 aromatic rings. The van der Waals surface area contributed by atoms with Crippen molar-refractivity contribution in [2.45, 2.75) is 32.6 Å². The Labute approximate surface area is 201 Å². The zero-order valence-corrected chi connectivity index (χ0v) is 21.1. The third kappa shape index (κ3) is 5.51. The Morgan fingerprint density at radius 3 is 2.09 bits per heavy atom. The number of anilines is 2. The van der Waals surface area contributed by atoms with Crippen molar-refractivity contribution in [2.75, 3.05) is 30.4 Å². The Kier molecular flexibility index (Phi) is 7.51.